The maximum absolute atomic E-state index is 14.7. The van der Waals surface area contributed by atoms with Crippen LogP contribution >= 0.6 is 0 Å². The Morgan fingerprint density at radius 3 is 2.37 bits per heavy atom. The van der Waals surface area contributed by atoms with Crippen LogP contribution in [-0.2, 0) is 14.3 Å². The molecular weight excluding hydrogens is 391 g/mol. The first-order valence-electron chi connectivity index (χ1n) is 9.47. The third-order valence-electron chi connectivity index (χ3n) is 5.05. The molecule has 1 saturated heterocycles. The van der Waals surface area contributed by atoms with E-state index in [1.807, 2.05) is 30.3 Å². The quantitative estimate of drug-likeness (QED) is 0.724. The Morgan fingerprint density at radius 2 is 1.77 bits per heavy atom. The average molecular weight is 414 g/mol. The molecule has 158 valence electrons. The predicted molar refractivity (Wildman–Crippen MR) is 108 cm³/mol. The zero-order valence-corrected chi connectivity index (χ0v) is 16.5. The van der Waals surface area contributed by atoms with Gasteiger partial charge in [-0.2, -0.15) is 0 Å². The first-order chi connectivity index (χ1) is 14.3. The van der Waals surface area contributed by atoms with E-state index in [2.05, 4.69) is 5.32 Å². The fraction of sp³-hybridized carbons (Fsp3) is 0.318. The smallest absolute Gasteiger partial charge is 0.326 e. The lowest BCUT2D eigenvalue weighted by atomic mass is 10.0. The highest BCUT2D eigenvalue weighted by molar-refractivity contribution is 5.97. The number of nitrogens with one attached hydrogen (secondary N) is 1. The lowest BCUT2D eigenvalue weighted by Crippen LogP contribution is -2.46. The van der Waals surface area contributed by atoms with E-state index < -0.39 is 42.6 Å². The van der Waals surface area contributed by atoms with Crippen molar-refractivity contribution in [1.82, 2.24) is 10.2 Å². The van der Waals surface area contributed by atoms with Gasteiger partial charge in [0, 0.05) is 19.1 Å². The summed E-state index contributed by atoms with van der Waals surface area (Å²) in [5, 5.41) is 11.8. The molecule has 1 fully saturated rings. The molecular formula is C22H23FN2O5. The number of carboxylic acid groups (broad SMARTS) is 1. The summed E-state index contributed by atoms with van der Waals surface area (Å²) in [4.78, 5) is 37.2. The van der Waals surface area contributed by atoms with Gasteiger partial charge in [0.05, 0.1) is 19.7 Å². The number of carbonyl (C=O) groups excluding carboxylic acids is 2. The molecule has 2 amide bonds. The summed E-state index contributed by atoms with van der Waals surface area (Å²) in [5.41, 5.74) is 0.393. The van der Waals surface area contributed by atoms with Gasteiger partial charge in [0.1, 0.15) is 6.04 Å². The number of aliphatic carboxylic acids is 1. The third-order valence-corrected chi connectivity index (χ3v) is 5.05. The second-order valence-electron chi connectivity index (χ2n) is 7.29. The molecule has 2 aromatic carbocycles. The zero-order valence-electron chi connectivity index (χ0n) is 16.5. The molecule has 2 atom stereocenters. The molecule has 8 heteroatoms. The number of alkyl halides is 1. The van der Waals surface area contributed by atoms with Crippen molar-refractivity contribution in [3.63, 3.8) is 0 Å². The standard InChI is InChI=1S/C22H23FN2O5/c1-30-14-22(23)11-18(21(28)29)25(13-22)19(26)12-24-20(27)17-9-7-16(8-10-17)15-5-3-2-4-6-15/h2-10,18H,11-14H2,1H3,(H,24,27)(H,28,29)/t18-,22+/m0/s1. The van der Waals surface area contributed by atoms with E-state index in [1.165, 1.54) is 7.11 Å². The highest BCUT2D eigenvalue weighted by Crippen LogP contribution is 2.31. The van der Waals surface area contributed by atoms with E-state index in [0.29, 0.717) is 5.56 Å². The Kier molecular flexibility index (Phi) is 6.47. The van der Waals surface area contributed by atoms with Gasteiger partial charge in [-0.25, -0.2) is 9.18 Å². The van der Waals surface area contributed by atoms with E-state index in [9.17, 15) is 23.9 Å². The predicted octanol–water partition coefficient (Wildman–Crippen LogP) is 2.12. The largest absolute Gasteiger partial charge is 0.480 e. The summed E-state index contributed by atoms with van der Waals surface area (Å²) in [6, 6.07) is 15.3. The van der Waals surface area contributed by atoms with E-state index in [1.54, 1.807) is 24.3 Å². The number of rotatable bonds is 7. The van der Waals surface area contributed by atoms with E-state index in [-0.39, 0.29) is 13.0 Å². The van der Waals surface area contributed by atoms with Crippen LogP contribution in [-0.4, -0.2) is 66.3 Å². The van der Waals surface area contributed by atoms with Crippen LogP contribution in [0.3, 0.4) is 0 Å². The minimum atomic E-state index is -1.93. The molecule has 1 aliphatic heterocycles. The molecule has 0 unspecified atom stereocenters. The second kappa shape index (κ2) is 9.04. The normalized spacial score (nSPS) is 20.7. The first kappa shape index (κ1) is 21.4. The van der Waals surface area contributed by atoms with Crippen LogP contribution in [0.5, 0.6) is 0 Å². The van der Waals surface area contributed by atoms with Gasteiger partial charge in [0.15, 0.2) is 5.67 Å². The van der Waals surface area contributed by atoms with Crippen LogP contribution in [0.1, 0.15) is 16.8 Å². The minimum Gasteiger partial charge on any atom is -0.480 e. The number of benzene rings is 2. The van der Waals surface area contributed by atoms with E-state index >= 15 is 0 Å². The Labute approximate surface area is 173 Å². The van der Waals surface area contributed by atoms with Gasteiger partial charge < -0.3 is 20.1 Å². The average Bonchev–Trinajstić information content (AvgIpc) is 3.11. The number of halogens is 1. The molecule has 30 heavy (non-hydrogen) atoms. The Hall–Kier alpha value is -3.26. The Bertz CT molecular complexity index is 919. The molecule has 0 aliphatic carbocycles. The summed E-state index contributed by atoms with van der Waals surface area (Å²) in [5.74, 6) is -2.42. The monoisotopic (exact) mass is 414 g/mol. The summed E-state index contributed by atoms with van der Waals surface area (Å²) in [6.45, 7) is -1.12. The number of amides is 2. The molecule has 2 N–H and O–H groups in total. The van der Waals surface area contributed by atoms with Crippen molar-refractivity contribution < 1.29 is 28.6 Å². The van der Waals surface area contributed by atoms with Gasteiger partial charge in [0.2, 0.25) is 5.91 Å². The molecule has 0 saturated carbocycles. The Morgan fingerprint density at radius 1 is 1.13 bits per heavy atom. The highest BCUT2D eigenvalue weighted by atomic mass is 19.1. The topological polar surface area (TPSA) is 95.9 Å². The second-order valence-corrected chi connectivity index (χ2v) is 7.29. The van der Waals surface area contributed by atoms with Crippen LogP contribution in [0.2, 0.25) is 0 Å². The fourth-order valence-corrected chi connectivity index (χ4v) is 3.59. The van der Waals surface area contributed by atoms with Gasteiger partial charge in [-0.1, -0.05) is 42.5 Å². The summed E-state index contributed by atoms with van der Waals surface area (Å²) >= 11 is 0. The number of carbonyl (C=O) groups is 3. The van der Waals surface area contributed by atoms with Crippen molar-refractivity contribution >= 4 is 17.8 Å². The van der Waals surface area contributed by atoms with Crippen LogP contribution in [0.4, 0.5) is 4.39 Å². The SMILES string of the molecule is COC[C@@]1(F)C[C@@H](C(=O)O)N(C(=O)CNC(=O)c2ccc(-c3ccccc3)cc2)C1. The lowest BCUT2D eigenvalue weighted by molar-refractivity contribution is -0.147. The van der Waals surface area contributed by atoms with Crippen molar-refractivity contribution in [2.75, 3.05) is 26.8 Å². The number of hydrogen-bond acceptors (Lipinski definition) is 4. The molecule has 3 rings (SSSR count). The maximum Gasteiger partial charge on any atom is 0.326 e. The van der Waals surface area contributed by atoms with Gasteiger partial charge in [-0.05, 0) is 23.3 Å². The van der Waals surface area contributed by atoms with Crippen molar-refractivity contribution in [2.45, 2.75) is 18.1 Å². The summed E-state index contributed by atoms with van der Waals surface area (Å²) < 4.78 is 19.5. The van der Waals surface area contributed by atoms with Gasteiger partial charge in [-0.3, -0.25) is 9.59 Å². The molecule has 0 bridgehead atoms. The fourth-order valence-electron chi connectivity index (χ4n) is 3.59. The van der Waals surface area contributed by atoms with Crippen molar-refractivity contribution in [2.24, 2.45) is 0 Å². The summed E-state index contributed by atoms with van der Waals surface area (Å²) in [7, 11) is 1.31. The van der Waals surface area contributed by atoms with Gasteiger partial charge >= 0.3 is 5.97 Å². The number of likely N-dealkylation sites (tertiary alicyclic amines) is 1. The van der Waals surface area contributed by atoms with Crippen molar-refractivity contribution in [3.05, 3.63) is 60.2 Å². The Balaban J connectivity index is 1.61. The highest BCUT2D eigenvalue weighted by Gasteiger charge is 2.49. The van der Waals surface area contributed by atoms with Crippen molar-refractivity contribution in [1.29, 1.82) is 0 Å². The molecule has 1 heterocycles. The van der Waals surface area contributed by atoms with Crippen LogP contribution in [0, 0.1) is 0 Å². The maximum atomic E-state index is 14.7. The lowest BCUT2D eigenvalue weighted by Gasteiger charge is -2.22. The third kappa shape index (κ3) is 4.83. The van der Waals surface area contributed by atoms with Crippen LogP contribution in [0.25, 0.3) is 11.1 Å². The van der Waals surface area contributed by atoms with E-state index in [0.717, 1.165) is 16.0 Å². The molecule has 0 radical (unpaired) electrons. The number of carboxylic acids is 1. The van der Waals surface area contributed by atoms with Crippen LogP contribution < -0.4 is 5.32 Å². The minimum absolute atomic E-state index is 0.305. The molecule has 7 nitrogen and oxygen atoms in total. The number of hydrogen-bond donors (Lipinski definition) is 2. The van der Waals surface area contributed by atoms with Crippen LogP contribution in [0.15, 0.2) is 54.6 Å². The number of nitrogens with zero attached hydrogens (tertiary/aromatic N) is 1. The van der Waals surface area contributed by atoms with E-state index in [4.69, 9.17) is 4.74 Å². The molecule has 0 aromatic heterocycles. The number of ether oxygens (including phenoxy) is 1. The van der Waals surface area contributed by atoms with Gasteiger partial charge in [-0.15, -0.1) is 0 Å². The molecule has 2 aromatic rings. The summed E-state index contributed by atoms with van der Waals surface area (Å²) in [6.07, 6.45) is -0.350. The van der Waals surface area contributed by atoms with Gasteiger partial charge in [0.25, 0.3) is 5.91 Å². The number of methoxy groups -OCH3 is 1. The molecule has 1 aliphatic rings. The molecule has 0 spiro atoms. The first-order valence-corrected chi connectivity index (χ1v) is 9.47. The van der Waals surface area contributed by atoms with Crippen molar-refractivity contribution in [3.8, 4) is 11.1 Å². The zero-order chi connectivity index (χ0) is 21.7.